The third-order valence-electron chi connectivity index (χ3n) is 5.57. The molecule has 1 saturated carbocycles. The summed E-state index contributed by atoms with van der Waals surface area (Å²) in [5.74, 6) is -0.142. The summed E-state index contributed by atoms with van der Waals surface area (Å²) in [6, 6.07) is 10.9. The summed E-state index contributed by atoms with van der Waals surface area (Å²) in [4.78, 5) is 34.7. The van der Waals surface area contributed by atoms with Crippen LogP contribution in [-0.4, -0.2) is 40.7 Å². The molecule has 1 aromatic carbocycles. The maximum Gasteiger partial charge on any atom is 0.278 e. The molecule has 0 atom stereocenters. The Morgan fingerprint density at radius 2 is 1.97 bits per heavy atom. The number of amides is 1. The normalized spacial score (nSPS) is 14.3. The molecule has 1 aliphatic rings. The third kappa shape index (κ3) is 4.11. The summed E-state index contributed by atoms with van der Waals surface area (Å²) in [5.41, 5.74) is 2.88. The molecule has 4 rings (SSSR count). The highest BCUT2D eigenvalue weighted by Gasteiger charge is 2.23. The molecule has 0 aliphatic heterocycles. The number of hydrogen-bond acceptors (Lipinski definition) is 5. The van der Waals surface area contributed by atoms with Gasteiger partial charge in [-0.3, -0.25) is 14.2 Å². The van der Waals surface area contributed by atoms with Crippen molar-refractivity contribution in [3.05, 3.63) is 58.5 Å². The second-order valence-electron chi connectivity index (χ2n) is 7.60. The monoisotopic (exact) mass is 406 g/mol. The van der Waals surface area contributed by atoms with Gasteiger partial charge in [-0.25, -0.2) is 9.97 Å². The molecule has 7 heteroatoms. The zero-order valence-corrected chi connectivity index (χ0v) is 17.1. The van der Waals surface area contributed by atoms with Crippen molar-refractivity contribution in [2.24, 2.45) is 0 Å². The molecule has 0 spiro atoms. The molecule has 1 fully saturated rings. The first kappa shape index (κ1) is 20.2. The Morgan fingerprint density at radius 3 is 2.70 bits per heavy atom. The van der Waals surface area contributed by atoms with Gasteiger partial charge in [-0.05, 0) is 43.5 Å². The molecule has 1 amide bonds. The lowest BCUT2D eigenvalue weighted by molar-refractivity contribution is 0.0948. The van der Waals surface area contributed by atoms with Crippen LogP contribution in [-0.2, 0) is 4.74 Å². The maximum absolute atomic E-state index is 13.4. The molecule has 1 aliphatic carbocycles. The van der Waals surface area contributed by atoms with E-state index < -0.39 is 0 Å². The molecule has 0 saturated heterocycles. The Labute approximate surface area is 175 Å². The van der Waals surface area contributed by atoms with Crippen LogP contribution < -0.4 is 10.9 Å². The number of nitrogens with zero attached hydrogens (tertiary/aromatic N) is 3. The summed E-state index contributed by atoms with van der Waals surface area (Å²) in [7, 11) is 1.64. The van der Waals surface area contributed by atoms with E-state index in [4.69, 9.17) is 4.74 Å². The van der Waals surface area contributed by atoms with Crippen LogP contribution >= 0.6 is 0 Å². The van der Waals surface area contributed by atoms with Crippen molar-refractivity contribution in [2.45, 2.75) is 38.1 Å². The summed E-state index contributed by atoms with van der Waals surface area (Å²) in [6.45, 7) is 1.16. The van der Waals surface area contributed by atoms with Crippen molar-refractivity contribution in [2.75, 3.05) is 20.3 Å². The summed E-state index contributed by atoms with van der Waals surface area (Å²) < 4.78 is 6.81. The number of carbonyl (C=O) groups is 1. The number of nitrogens with one attached hydrogen (secondary N) is 1. The zero-order valence-electron chi connectivity index (χ0n) is 17.1. The molecule has 3 aromatic rings. The van der Waals surface area contributed by atoms with Crippen molar-refractivity contribution >= 4 is 17.1 Å². The quantitative estimate of drug-likeness (QED) is 0.608. The topological polar surface area (TPSA) is 86.1 Å². The number of benzene rings is 1. The van der Waals surface area contributed by atoms with E-state index in [2.05, 4.69) is 15.3 Å². The first-order chi connectivity index (χ1) is 14.7. The lowest BCUT2D eigenvalue weighted by Gasteiger charge is -2.17. The molecule has 156 valence electrons. The summed E-state index contributed by atoms with van der Waals surface area (Å²) in [6.07, 6.45) is 6.67. The van der Waals surface area contributed by atoms with Crippen LogP contribution in [0, 0.1) is 0 Å². The van der Waals surface area contributed by atoms with Gasteiger partial charge in [0.25, 0.3) is 11.5 Å². The molecule has 0 unspecified atom stereocenters. The van der Waals surface area contributed by atoms with E-state index in [-0.39, 0.29) is 17.5 Å². The minimum Gasteiger partial charge on any atom is -0.385 e. The van der Waals surface area contributed by atoms with E-state index in [0.717, 1.165) is 32.1 Å². The fraction of sp³-hybridized carbons (Fsp3) is 0.391. The van der Waals surface area contributed by atoms with Crippen molar-refractivity contribution in [3.63, 3.8) is 0 Å². The van der Waals surface area contributed by atoms with Gasteiger partial charge in [0.2, 0.25) is 0 Å². The van der Waals surface area contributed by atoms with Gasteiger partial charge >= 0.3 is 0 Å². The molecule has 1 N–H and O–H groups in total. The van der Waals surface area contributed by atoms with Crippen molar-refractivity contribution < 1.29 is 9.53 Å². The predicted octanol–water partition coefficient (Wildman–Crippen LogP) is 3.34. The van der Waals surface area contributed by atoms with Gasteiger partial charge in [-0.2, -0.15) is 0 Å². The fourth-order valence-corrected chi connectivity index (χ4v) is 4.03. The molecule has 2 aromatic heterocycles. The van der Waals surface area contributed by atoms with Gasteiger partial charge in [0.1, 0.15) is 11.2 Å². The predicted molar refractivity (Wildman–Crippen MR) is 116 cm³/mol. The van der Waals surface area contributed by atoms with E-state index in [1.165, 1.54) is 0 Å². The summed E-state index contributed by atoms with van der Waals surface area (Å²) >= 11 is 0. The molecule has 0 bridgehead atoms. The highest BCUT2D eigenvalue weighted by molar-refractivity contribution is 5.94. The second kappa shape index (κ2) is 9.17. The Kier molecular flexibility index (Phi) is 6.18. The van der Waals surface area contributed by atoms with E-state index in [0.29, 0.717) is 41.1 Å². The van der Waals surface area contributed by atoms with Crippen molar-refractivity contribution in [1.82, 2.24) is 19.9 Å². The molecular weight excluding hydrogens is 380 g/mol. The van der Waals surface area contributed by atoms with Crippen LogP contribution in [0.3, 0.4) is 0 Å². The zero-order chi connectivity index (χ0) is 20.9. The molecule has 2 heterocycles. The van der Waals surface area contributed by atoms with Crippen LogP contribution in [0.5, 0.6) is 0 Å². The third-order valence-corrected chi connectivity index (χ3v) is 5.57. The Morgan fingerprint density at radius 1 is 1.20 bits per heavy atom. The Hall–Kier alpha value is -3.06. The number of methoxy groups -OCH3 is 1. The number of carbonyl (C=O) groups excluding carboxylic acids is 1. The largest absolute Gasteiger partial charge is 0.385 e. The first-order valence-corrected chi connectivity index (χ1v) is 10.4. The minimum absolute atomic E-state index is 0.120. The van der Waals surface area contributed by atoms with Crippen LogP contribution in [0.2, 0.25) is 0 Å². The number of pyridine rings is 1. The van der Waals surface area contributed by atoms with Crippen LogP contribution in [0.4, 0.5) is 0 Å². The fourth-order valence-electron chi connectivity index (χ4n) is 4.03. The molecule has 30 heavy (non-hydrogen) atoms. The standard InChI is InChI=1S/C23H26N4O3/c1-30-15-5-14-25-22(28)17-11-9-16(10-12-17)20-23(29)27(18-6-2-3-7-18)21-19(26-20)8-4-13-24-21/h4,8-13,18H,2-3,5-7,14-15H2,1H3,(H,25,28). The van der Waals surface area contributed by atoms with Gasteiger partial charge in [-0.15, -0.1) is 0 Å². The highest BCUT2D eigenvalue weighted by atomic mass is 16.5. The Bertz CT molecular complexity index is 1090. The number of aromatic nitrogens is 3. The highest BCUT2D eigenvalue weighted by Crippen LogP contribution is 2.30. The Balaban J connectivity index is 1.65. The second-order valence-corrected chi connectivity index (χ2v) is 7.60. The molecule has 7 nitrogen and oxygen atoms in total. The van der Waals surface area contributed by atoms with Gasteiger partial charge in [-0.1, -0.05) is 25.0 Å². The number of fused-ring (bicyclic) bond motifs is 1. The van der Waals surface area contributed by atoms with Crippen LogP contribution in [0.25, 0.3) is 22.4 Å². The van der Waals surface area contributed by atoms with E-state index >= 15 is 0 Å². The average Bonchev–Trinajstić information content (AvgIpc) is 3.30. The average molecular weight is 406 g/mol. The van der Waals surface area contributed by atoms with E-state index in [1.807, 2.05) is 16.7 Å². The summed E-state index contributed by atoms with van der Waals surface area (Å²) in [5, 5.41) is 2.87. The lowest BCUT2D eigenvalue weighted by atomic mass is 10.1. The number of rotatable bonds is 7. The van der Waals surface area contributed by atoms with Gasteiger partial charge in [0, 0.05) is 43.6 Å². The lowest BCUT2D eigenvalue weighted by Crippen LogP contribution is -2.27. The number of hydrogen-bond donors (Lipinski definition) is 1. The molecule has 0 radical (unpaired) electrons. The van der Waals surface area contributed by atoms with E-state index in [1.54, 1.807) is 37.6 Å². The maximum atomic E-state index is 13.4. The van der Waals surface area contributed by atoms with Crippen LogP contribution in [0.1, 0.15) is 48.5 Å². The van der Waals surface area contributed by atoms with Crippen LogP contribution in [0.15, 0.2) is 47.4 Å². The van der Waals surface area contributed by atoms with Crippen molar-refractivity contribution in [1.29, 1.82) is 0 Å². The molecular formula is C23H26N4O3. The first-order valence-electron chi connectivity index (χ1n) is 10.4. The van der Waals surface area contributed by atoms with E-state index in [9.17, 15) is 9.59 Å². The van der Waals surface area contributed by atoms with Gasteiger partial charge in [0.05, 0.1) is 0 Å². The minimum atomic E-state index is -0.142. The SMILES string of the molecule is COCCCNC(=O)c1ccc(-c2nc3cccnc3n(C3CCCC3)c2=O)cc1. The van der Waals surface area contributed by atoms with Crippen molar-refractivity contribution in [3.8, 4) is 11.3 Å². The van der Waals surface area contributed by atoms with Gasteiger partial charge in [0.15, 0.2) is 5.65 Å². The smallest absolute Gasteiger partial charge is 0.278 e. The van der Waals surface area contributed by atoms with Gasteiger partial charge < -0.3 is 10.1 Å². The number of ether oxygens (including phenoxy) is 1.